The molecule has 0 aliphatic carbocycles. The molecule has 3 heteroatoms. The highest BCUT2D eigenvalue weighted by Gasteiger charge is 2.05. The van der Waals surface area contributed by atoms with Gasteiger partial charge in [0.15, 0.2) is 11.5 Å². The van der Waals surface area contributed by atoms with Crippen molar-refractivity contribution in [2.75, 3.05) is 27.9 Å². The Bertz CT molecular complexity index is 217. The van der Waals surface area contributed by atoms with E-state index in [9.17, 15) is 0 Å². The topological polar surface area (TPSA) is 27.7 Å². The first-order chi connectivity index (χ1) is 6.69. The lowest BCUT2D eigenvalue weighted by molar-refractivity contribution is 0.141. The van der Waals surface area contributed by atoms with Gasteiger partial charge in [-0.3, -0.25) is 0 Å². The Morgan fingerprint density at radius 2 is 1.79 bits per heavy atom. The Morgan fingerprint density at radius 3 is 2.14 bits per heavy atom. The molecule has 0 atom stereocenters. The summed E-state index contributed by atoms with van der Waals surface area (Å²) in [5, 5.41) is 0. The van der Waals surface area contributed by atoms with E-state index in [4.69, 9.17) is 14.2 Å². The van der Waals surface area contributed by atoms with Gasteiger partial charge in [-0.2, -0.15) is 0 Å². The van der Waals surface area contributed by atoms with Gasteiger partial charge in [-0.1, -0.05) is 12.5 Å². The van der Waals surface area contributed by atoms with Crippen LogP contribution in [-0.4, -0.2) is 27.9 Å². The second-order valence-corrected chi connectivity index (χ2v) is 2.97. The Morgan fingerprint density at radius 1 is 1.14 bits per heavy atom. The quantitative estimate of drug-likeness (QED) is 0.487. The summed E-state index contributed by atoms with van der Waals surface area (Å²) in [6, 6.07) is 0. The zero-order valence-electron chi connectivity index (χ0n) is 9.72. The van der Waals surface area contributed by atoms with Gasteiger partial charge in [0.25, 0.3) is 0 Å². The number of allylic oxidation sites excluding steroid dienone is 2. The molecule has 0 bridgehead atoms. The highest BCUT2D eigenvalue weighted by Crippen LogP contribution is 2.12. The van der Waals surface area contributed by atoms with Crippen molar-refractivity contribution in [2.45, 2.75) is 20.3 Å². The predicted molar refractivity (Wildman–Crippen MR) is 57.0 cm³/mol. The van der Waals surface area contributed by atoms with E-state index in [1.807, 2.05) is 6.08 Å². The van der Waals surface area contributed by atoms with E-state index in [-0.39, 0.29) is 0 Å². The van der Waals surface area contributed by atoms with Gasteiger partial charge in [-0.15, -0.1) is 0 Å². The van der Waals surface area contributed by atoms with Crippen LogP contribution >= 0.6 is 0 Å². The van der Waals surface area contributed by atoms with Crippen molar-refractivity contribution in [3.63, 3.8) is 0 Å². The Labute approximate surface area is 86.4 Å². The molecular formula is C11H20O3. The van der Waals surface area contributed by atoms with Crippen LogP contribution in [0.25, 0.3) is 0 Å². The minimum atomic E-state index is 0.424. The summed E-state index contributed by atoms with van der Waals surface area (Å²) in [6.45, 7) is 4.58. The average Bonchev–Trinajstić information content (AvgIpc) is 2.22. The SMILES string of the molecule is CC/C(C)=C\C(OC)=C(/COC)OC. The zero-order chi connectivity index (χ0) is 11.0. The first kappa shape index (κ1) is 13.0. The molecule has 0 aromatic carbocycles. The van der Waals surface area contributed by atoms with Crippen molar-refractivity contribution in [1.29, 1.82) is 0 Å². The van der Waals surface area contributed by atoms with Crippen LogP contribution < -0.4 is 0 Å². The van der Waals surface area contributed by atoms with Crippen LogP contribution in [0.5, 0.6) is 0 Å². The summed E-state index contributed by atoms with van der Waals surface area (Å²) >= 11 is 0. The fraction of sp³-hybridized carbons (Fsp3) is 0.636. The molecule has 0 unspecified atom stereocenters. The van der Waals surface area contributed by atoms with Crippen LogP contribution in [0.4, 0.5) is 0 Å². The van der Waals surface area contributed by atoms with Gasteiger partial charge >= 0.3 is 0 Å². The van der Waals surface area contributed by atoms with E-state index >= 15 is 0 Å². The first-order valence-electron chi connectivity index (χ1n) is 4.66. The molecule has 0 aliphatic heterocycles. The van der Waals surface area contributed by atoms with Crippen LogP contribution in [-0.2, 0) is 14.2 Å². The van der Waals surface area contributed by atoms with Crippen LogP contribution in [0, 0.1) is 0 Å². The number of ether oxygens (including phenoxy) is 3. The normalized spacial score (nSPS) is 13.6. The molecular weight excluding hydrogens is 180 g/mol. The number of methoxy groups -OCH3 is 3. The van der Waals surface area contributed by atoms with Gasteiger partial charge in [0.2, 0.25) is 0 Å². The van der Waals surface area contributed by atoms with Crippen molar-refractivity contribution in [3.05, 3.63) is 23.2 Å². The maximum absolute atomic E-state index is 5.23. The molecule has 0 aromatic heterocycles. The van der Waals surface area contributed by atoms with Crippen molar-refractivity contribution < 1.29 is 14.2 Å². The molecule has 0 heterocycles. The summed E-state index contributed by atoms with van der Waals surface area (Å²) in [4.78, 5) is 0. The molecule has 82 valence electrons. The average molecular weight is 200 g/mol. The molecule has 0 saturated carbocycles. The maximum Gasteiger partial charge on any atom is 0.163 e. The molecule has 0 amide bonds. The third-order valence-corrected chi connectivity index (χ3v) is 1.95. The molecule has 0 fully saturated rings. The number of hydrogen-bond donors (Lipinski definition) is 0. The lowest BCUT2D eigenvalue weighted by atomic mass is 10.2. The minimum absolute atomic E-state index is 0.424. The second-order valence-electron chi connectivity index (χ2n) is 2.97. The van der Waals surface area contributed by atoms with Crippen LogP contribution in [0.1, 0.15) is 20.3 Å². The van der Waals surface area contributed by atoms with Gasteiger partial charge in [0.05, 0.1) is 14.2 Å². The summed E-state index contributed by atoms with van der Waals surface area (Å²) in [5.74, 6) is 1.44. The smallest absolute Gasteiger partial charge is 0.163 e. The van der Waals surface area contributed by atoms with E-state index < -0.39 is 0 Å². The highest BCUT2D eigenvalue weighted by atomic mass is 16.5. The van der Waals surface area contributed by atoms with Crippen LogP contribution in [0.3, 0.4) is 0 Å². The second kappa shape index (κ2) is 7.44. The molecule has 0 aromatic rings. The van der Waals surface area contributed by atoms with Gasteiger partial charge in [-0.05, 0) is 19.4 Å². The summed E-state index contributed by atoms with van der Waals surface area (Å²) < 4.78 is 15.4. The number of hydrogen-bond acceptors (Lipinski definition) is 3. The zero-order valence-corrected chi connectivity index (χ0v) is 9.72. The van der Waals surface area contributed by atoms with E-state index in [0.717, 1.165) is 12.2 Å². The predicted octanol–water partition coefficient (Wildman–Crippen LogP) is 2.49. The molecule has 0 radical (unpaired) electrons. The highest BCUT2D eigenvalue weighted by molar-refractivity contribution is 5.20. The molecule has 14 heavy (non-hydrogen) atoms. The van der Waals surface area contributed by atoms with Crippen LogP contribution in [0.15, 0.2) is 23.2 Å². The maximum atomic E-state index is 5.23. The van der Waals surface area contributed by atoms with E-state index in [1.54, 1.807) is 21.3 Å². The van der Waals surface area contributed by atoms with E-state index in [1.165, 1.54) is 5.57 Å². The largest absolute Gasteiger partial charge is 0.495 e. The summed E-state index contributed by atoms with van der Waals surface area (Å²) in [6.07, 6.45) is 2.97. The van der Waals surface area contributed by atoms with Crippen molar-refractivity contribution in [2.24, 2.45) is 0 Å². The fourth-order valence-electron chi connectivity index (χ4n) is 0.941. The van der Waals surface area contributed by atoms with E-state index in [0.29, 0.717) is 12.4 Å². The Balaban J connectivity index is 4.78. The lowest BCUT2D eigenvalue weighted by Crippen LogP contribution is -2.02. The molecule has 0 rings (SSSR count). The molecule has 0 aliphatic rings. The minimum Gasteiger partial charge on any atom is -0.495 e. The van der Waals surface area contributed by atoms with Gasteiger partial charge in [-0.25, -0.2) is 0 Å². The van der Waals surface area contributed by atoms with Crippen LogP contribution in [0.2, 0.25) is 0 Å². The number of rotatable bonds is 6. The van der Waals surface area contributed by atoms with Gasteiger partial charge in [0, 0.05) is 7.11 Å². The van der Waals surface area contributed by atoms with E-state index in [2.05, 4.69) is 13.8 Å². The molecule has 0 saturated heterocycles. The molecule has 0 spiro atoms. The fourth-order valence-corrected chi connectivity index (χ4v) is 0.941. The lowest BCUT2D eigenvalue weighted by Gasteiger charge is -2.10. The van der Waals surface area contributed by atoms with Gasteiger partial charge in [0.1, 0.15) is 6.61 Å². The van der Waals surface area contributed by atoms with Crippen molar-refractivity contribution in [1.82, 2.24) is 0 Å². The van der Waals surface area contributed by atoms with Crippen molar-refractivity contribution in [3.8, 4) is 0 Å². The summed E-state index contributed by atoms with van der Waals surface area (Å²) in [5.41, 5.74) is 1.24. The monoisotopic (exact) mass is 200 g/mol. The third kappa shape index (κ3) is 4.33. The first-order valence-corrected chi connectivity index (χ1v) is 4.66. The van der Waals surface area contributed by atoms with Gasteiger partial charge < -0.3 is 14.2 Å². The Hall–Kier alpha value is -0.960. The van der Waals surface area contributed by atoms with Crippen molar-refractivity contribution >= 4 is 0 Å². The molecule has 0 N–H and O–H groups in total. The standard InChI is InChI=1S/C11H20O3/c1-6-9(2)7-10(13-4)11(14-5)8-12-3/h7H,6,8H2,1-5H3/b9-7-,11-10-. The summed E-state index contributed by atoms with van der Waals surface area (Å²) in [7, 11) is 4.87. The molecule has 3 nitrogen and oxygen atoms in total. The Kier molecular flexibility index (Phi) is 6.93. The third-order valence-electron chi connectivity index (χ3n) is 1.95.